The number of carbonyl (C=O) groups excluding carboxylic acids is 5. The van der Waals surface area contributed by atoms with Gasteiger partial charge in [-0.15, -0.1) is 0 Å². The summed E-state index contributed by atoms with van der Waals surface area (Å²) in [7, 11) is 1.43. The Labute approximate surface area is 298 Å². The van der Waals surface area contributed by atoms with E-state index >= 15 is 0 Å². The van der Waals surface area contributed by atoms with Gasteiger partial charge in [0, 0.05) is 19.5 Å². The molecule has 0 aliphatic heterocycles. The molecular formula is C39H36F3NO9. The number of alkyl halides is 3. The van der Waals surface area contributed by atoms with Crippen LogP contribution in [0.2, 0.25) is 0 Å². The molecule has 0 radical (unpaired) electrons. The molecule has 0 saturated heterocycles. The van der Waals surface area contributed by atoms with E-state index in [4.69, 9.17) is 18.9 Å². The molecule has 0 spiro atoms. The van der Waals surface area contributed by atoms with Crippen molar-refractivity contribution in [1.82, 2.24) is 0 Å². The number of rotatable bonds is 13. The molecule has 52 heavy (non-hydrogen) atoms. The number of ether oxygens (including phenoxy) is 4. The van der Waals surface area contributed by atoms with Crippen molar-refractivity contribution in [1.29, 1.82) is 0 Å². The van der Waals surface area contributed by atoms with Crippen molar-refractivity contribution in [3.05, 3.63) is 119 Å². The Morgan fingerprint density at radius 2 is 1.31 bits per heavy atom. The molecule has 4 aromatic carbocycles. The summed E-state index contributed by atoms with van der Waals surface area (Å²) in [6.07, 6.45) is -4.92. The topological polar surface area (TPSA) is 126 Å². The van der Waals surface area contributed by atoms with Gasteiger partial charge < -0.3 is 23.8 Å². The maximum Gasteiger partial charge on any atom is 0.416 e. The van der Waals surface area contributed by atoms with Crippen molar-refractivity contribution in [2.75, 3.05) is 31.8 Å². The van der Waals surface area contributed by atoms with E-state index in [2.05, 4.69) is 0 Å². The van der Waals surface area contributed by atoms with Crippen LogP contribution in [0.1, 0.15) is 47.8 Å². The highest BCUT2D eigenvalue weighted by Crippen LogP contribution is 2.35. The van der Waals surface area contributed by atoms with Crippen LogP contribution in [0.4, 0.5) is 18.9 Å². The van der Waals surface area contributed by atoms with Crippen molar-refractivity contribution < 1.29 is 56.1 Å². The summed E-state index contributed by atoms with van der Waals surface area (Å²) in [5.74, 6) is -4.11. The second-order valence-corrected chi connectivity index (χ2v) is 11.4. The van der Waals surface area contributed by atoms with Crippen LogP contribution < -0.4 is 9.64 Å². The molecule has 4 rings (SSSR count). The number of benzene rings is 4. The highest BCUT2D eigenvalue weighted by Gasteiger charge is 2.52. The van der Waals surface area contributed by atoms with Gasteiger partial charge in [0.05, 0.1) is 30.9 Å². The minimum atomic E-state index is -4.53. The van der Waals surface area contributed by atoms with Crippen LogP contribution in [0, 0.1) is 0 Å². The minimum absolute atomic E-state index is 0.0520. The molecule has 0 N–H and O–H groups in total. The van der Waals surface area contributed by atoms with Crippen molar-refractivity contribution in [3.63, 3.8) is 0 Å². The molecule has 0 atom stereocenters. The molecule has 0 bridgehead atoms. The standard InChI is InChI=1S/C39H36F3NO9/c1-5-49-36(47)38(37(48)50-6-2,28-12-8-7-9-13-28)24-51-34(45)23-26-16-21-32(33(22-26)52-25(3)44)43(4)35(46)31-15-11-10-14-30(31)27-17-19-29(20-18-27)39(40,41)42/h7-22H,5-6,23-24H2,1-4H3. The third-order valence-corrected chi connectivity index (χ3v) is 7.94. The summed E-state index contributed by atoms with van der Waals surface area (Å²) in [5.41, 5.74) is -1.37. The zero-order chi connectivity index (χ0) is 38.1. The number of esters is 4. The maximum atomic E-state index is 13.8. The predicted molar refractivity (Wildman–Crippen MR) is 183 cm³/mol. The Morgan fingerprint density at radius 3 is 1.88 bits per heavy atom. The van der Waals surface area contributed by atoms with Crippen LogP contribution >= 0.6 is 0 Å². The molecule has 0 saturated carbocycles. The summed E-state index contributed by atoms with van der Waals surface area (Å²) in [4.78, 5) is 66.9. The normalized spacial score (nSPS) is 11.3. The Balaban J connectivity index is 1.60. The molecule has 10 nitrogen and oxygen atoms in total. The molecule has 272 valence electrons. The van der Waals surface area contributed by atoms with E-state index in [9.17, 15) is 37.1 Å². The summed E-state index contributed by atoms with van der Waals surface area (Å²) in [5, 5.41) is 0. The molecule has 0 unspecified atom stereocenters. The van der Waals surface area contributed by atoms with Gasteiger partial charge in [-0.3, -0.25) is 24.0 Å². The average Bonchev–Trinajstić information content (AvgIpc) is 3.11. The summed E-state index contributed by atoms with van der Waals surface area (Å²) in [6.45, 7) is 3.46. The largest absolute Gasteiger partial charge is 0.465 e. The summed E-state index contributed by atoms with van der Waals surface area (Å²) >= 11 is 0. The highest BCUT2D eigenvalue weighted by atomic mass is 19.4. The first kappa shape index (κ1) is 38.8. The van der Waals surface area contributed by atoms with E-state index in [1.807, 2.05) is 0 Å². The van der Waals surface area contributed by atoms with Gasteiger partial charge >= 0.3 is 30.1 Å². The highest BCUT2D eigenvalue weighted by molar-refractivity contribution is 6.10. The van der Waals surface area contributed by atoms with Crippen molar-refractivity contribution in [2.24, 2.45) is 0 Å². The SMILES string of the molecule is CCOC(=O)C(COC(=O)Cc1ccc(N(C)C(=O)c2ccccc2-c2ccc(C(F)(F)F)cc2)c(OC(C)=O)c1)(C(=O)OCC)c1ccccc1. The molecule has 13 heteroatoms. The second kappa shape index (κ2) is 16.8. The maximum absolute atomic E-state index is 13.8. The van der Waals surface area contributed by atoms with Gasteiger partial charge in [-0.25, -0.2) is 0 Å². The van der Waals surface area contributed by atoms with Crippen molar-refractivity contribution in [2.45, 2.75) is 38.8 Å². The van der Waals surface area contributed by atoms with Crippen molar-refractivity contribution >= 4 is 35.5 Å². The quantitative estimate of drug-likeness (QED) is 0.0641. The molecule has 0 aliphatic rings. The molecule has 0 heterocycles. The summed E-state index contributed by atoms with van der Waals surface area (Å²) < 4.78 is 60.8. The Bertz CT molecular complexity index is 1910. The van der Waals surface area contributed by atoms with Gasteiger partial charge in [-0.2, -0.15) is 13.2 Å². The number of hydrogen-bond donors (Lipinski definition) is 0. The van der Waals surface area contributed by atoms with E-state index in [0.29, 0.717) is 16.7 Å². The predicted octanol–water partition coefficient (Wildman–Crippen LogP) is 6.72. The van der Waals surface area contributed by atoms with E-state index in [1.54, 1.807) is 50.2 Å². The van der Waals surface area contributed by atoms with E-state index in [1.165, 1.54) is 60.5 Å². The zero-order valence-electron chi connectivity index (χ0n) is 28.8. The van der Waals surface area contributed by atoms with Crippen LogP contribution in [0.15, 0.2) is 97.1 Å². The third-order valence-electron chi connectivity index (χ3n) is 7.94. The number of nitrogens with zero attached hydrogens (tertiary/aromatic N) is 1. The van der Waals surface area contributed by atoms with Crippen LogP contribution in [0.3, 0.4) is 0 Å². The van der Waals surface area contributed by atoms with E-state index < -0.39 is 53.5 Å². The van der Waals surface area contributed by atoms with Crippen LogP contribution in [-0.2, 0) is 51.4 Å². The number of halogens is 3. The molecular weight excluding hydrogens is 683 g/mol. The van der Waals surface area contributed by atoms with E-state index in [0.717, 1.165) is 19.1 Å². The third kappa shape index (κ3) is 8.84. The fourth-order valence-corrected chi connectivity index (χ4v) is 5.39. The first-order valence-corrected chi connectivity index (χ1v) is 16.1. The lowest BCUT2D eigenvalue weighted by molar-refractivity contribution is -0.170. The van der Waals surface area contributed by atoms with Gasteiger partial charge in [0.25, 0.3) is 5.91 Å². The lowest BCUT2D eigenvalue weighted by Gasteiger charge is -2.29. The molecule has 0 fully saturated rings. The minimum Gasteiger partial charge on any atom is -0.465 e. The zero-order valence-corrected chi connectivity index (χ0v) is 28.8. The number of carbonyl (C=O) groups is 5. The monoisotopic (exact) mass is 719 g/mol. The second-order valence-electron chi connectivity index (χ2n) is 11.4. The fourth-order valence-electron chi connectivity index (χ4n) is 5.39. The first-order valence-electron chi connectivity index (χ1n) is 16.1. The lowest BCUT2D eigenvalue weighted by Crippen LogP contribution is -2.50. The average molecular weight is 720 g/mol. The molecule has 0 aromatic heterocycles. The van der Waals surface area contributed by atoms with Gasteiger partial charge in [0.2, 0.25) is 5.41 Å². The summed E-state index contributed by atoms with van der Waals surface area (Å²) in [6, 6.07) is 23.0. The Morgan fingerprint density at radius 1 is 0.712 bits per heavy atom. The number of anilines is 1. The smallest absolute Gasteiger partial charge is 0.416 e. The lowest BCUT2D eigenvalue weighted by atomic mass is 9.81. The van der Waals surface area contributed by atoms with Crippen LogP contribution in [-0.4, -0.2) is 56.7 Å². The van der Waals surface area contributed by atoms with Crippen molar-refractivity contribution in [3.8, 4) is 16.9 Å². The molecule has 4 aromatic rings. The number of amides is 1. The van der Waals surface area contributed by atoms with Crippen LogP contribution in [0.25, 0.3) is 11.1 Å². The Kier molecular flexibility index (Phi) is 12.6. The van der Waals surface area contributed by atoms with Gasteiger partial charge in [0.1, 0.15) is 6.61 Å². The van der Waals surface area contributed by atoms with Gasteiger partial charge in [-0.1, -0.05) is 66.7 Å². The Hall–Kier alpha value is -5.98. The van der Waals surface area contributed by atoms with E-state index in [-0.39, 0.29) is 42.2 Å². The fraction of sp³-hybridized carbons (Fsp3) is 0.256. The first-order chi connectivity index (χ1) is 24.7. The molecule has 0 aliphatic carbocycles. The van der Waals surface area contributed by atoms with Gasteiger partial charge in [0.15, 0.2) is 5.75 Å². The van der Waals surface area contributed by atoms with Gasteiger partial charge in [-0.05, 0) is 66.4 Å². The molecule has 1 amide bonds. The van der Waals surface area contributed by atoms with Crippen LogP contribution in [0.5, 0.6) is 5.75 Å². The number of hydrogen-bond acceptors (Lipinski definition) is 9.